The number of H-pyrrole nitrogens is 1. The van der Waals surface area contributed by atoms with Gasteiger partial charge in [-0.3, -0.25) is 0 Å². The summed E-state index contributed by atoms with van der Waals surface area (Å²) in [6.45, 7) is 0. The minimum absolute atomic E-state index is 0.639. The van der Waals surface area contributed by atoms with Gasteiger partial charge < -0.3 is 10.1 Å². The Balaban J connectivity index is 2.15. The van der Waals surface area contributed by atoms with Crippen molar-refractivity contribution in [3.63, 3.8) is 0 Å². The van der Waals surface area contributed by atoms with Crippen molar-refractivity contribution >= 4 is 22.2 Å². The van der Waals surface area contributed by atoms with Crippen molar-refractivity contribution in [3.8, 4) is 0 Å². The number of rotatable bonds is 2. The zero-order chi connectivity index (χ0) is 11.0. The highest BCUT2D eigenvalue weighted by Gasteiger charge is 2.15. The lowest BCUT2D eigenvalue weighted by atomic mass is 10.1. The summed E-state index contributed by atoms with van der Waals surface area (Å²) in [4.78, 5) is 7.27. The Hall–Kier alpha value is -1.65. The van der Waals surface area contributed by atoms with Crippen molar-refractivity contribution in [2.24, 2.45) is 0 Å². The van der Waals surface area contributed by atoms with E-state index in [2.05, 4.69) is 9.97 Å². The second-order valence-corrected chi connectivity index (χ2v) is 4.49. The smallest absolute Gasteiger partial charge is 0.131 e. The summed E-state index contributed by atoms with van der Waals surface area (Å²) in [7, 11) is 0. The lowest BCUT2D eigenvalue weighted by Gasteiger charge is -2.08. The van der Waals surface area contributed by atoms with Crippen LogP contribution in [0, 0.1) is 0 Å². The van der Waals surface area contributed by atoms with Gasteiger partial charge in [-0.25, -0.2) is 4.98 Å². The maximum absolute atomic E-state index is 10.2. The molecule has 1 unspecified atom stereocenters. The molecule has 0 aliphatic rings. The molecule has 16 heavy (non-hydrogen) atoms. The zero-order valence-electron chi connectivity index (χ0n) is 8.42. The van der Waals surface area contributed by atoms with Crippen molar-refractivity contribution in [1.82, 2.24) is 9.97 Å². The molecule has 0 fully saturated rings. The van der Waals surface area contributed by atoms with Crippen molar-refractivity contribution < 1.29 is 5.11 Å². The molecule has 3 aromatic rings. The Labute approximate surface area is 96.4 Å². The summed E-state index contributed by atoms with van der Waals surface area (Å²) in [5.41, 5.74) is 1.93. The molecule has 4 heteroatoms. The average molecular weight is 230 g/mol. The van der Waals surface area contributed by atoms with E-state index in [1.165, 1.54) is 11.3 Å². The maximum Gasteiger partial charge on any atom is 0.131 e. The van der Waals surface area contributed by atoms with Gasteiger partial charge in [-0.1, -0.05) is 12.1 Å². The number of benzene rings is 1. The SMILES string of the molecule is OC(c1nccs1)c1cccc2[nH]ccc12. The highest BCUT2D eigenvalue weighted by molar-refractivity contribution is 7.09. The fourth-order valence-electron chi connectivity index (χ4n) is 1.85. The molecule has 0 aliphatic heterocycles. The lowest BCUT2D eigenvalue weighted by Crippen LogP contribution is -1.99. The molecule has 1 atom stereocenters. The van der Waals surface area contributed by atoms with E-state index in [-0.39, 0.29) is 0 Å². The first-order valence-electron chi connectivity index (χ1n) is 5.00. The molecular weight excluding hydrogens is 220 g/mol. The summed E-state index contributed by atoms with van der Waals surface area (Å²) in [5, 5.41) is 13.9. The monoisotopic (exact) mass is 230 g/mol. The van der Waals surface area contributed by atoms with Gasteiger partial charge in [0.1, 0.15) is 11.1 Å². The van der Waals surface area contributed by atoms with E-state index in [0.717, 1.165) is 21.5 Å². The molecule has 0 saturated carbocycles. The van der Waals surface area contributed by atoms with E-state index >= 15 is 0 Å². The number of nitrogens with zero attached hydrogens (tertiary/aromatic N) is 1. The van der Waals surface area contributed by atoms with Crippen LogP contribution >= 0.6 is 11.3 Å². The number of aliphatic hydroxyl groups excluding tert-OH is 1. The Bertz CT molecular complexity index is 600. The van der Waals surface area contributed by atoms with Crippen molar-refractivity contribution in [2.45, 2.75) is 6.10 Å². The van der Waals surface area contributed by atoms with Crippen LogP contribution in [0.1, 0.15) is 16.7 Å². The Kier molecular flexibility index (Phi) is 2.23. The van der Waals surface area contributed by atoms with Crippen LogP contribution in [0.15, 0.2) is 42.0 Å². The van der Waals surface area contributed by atoms with Gasteiger partial charge in [0.25, 0.3) is 0 Å². The van der Waals surface area contributed by atoms with Gasteiger partial charge >= 0.3 is 0 Å². The Morgan fingerprint density at radius 2 is 2.25 bits per heavy atom. The number of hydrogen-bond donors (Lipinski definition) is 2. The number of hydrogen-bond acceptors (Lipinski definition) is 3. The first-order chi connectivity index (χ1) is 7.86. The normalized spacial score (nSPS) is 13.1. The number of aliphatic hydroxyl groups is 1. The minimum Gasteiger partial charge on any atom is -0.381 e. The van der Waals surface area contributed by atoms with Gasteiger partial charge in [0.2, 0.25) is 0 Å². The molecule has 0 spiro atoms. The van der Waals surface area contributed by atoms with Gasteiger partial charge in [-0.2, -0.15) is 0 Å². The third-order valence-electron chi connectivity index (χ3n) is 2.61. The Morgan fingerprint density at radius 3 is 3.06 bits per heavy atom. The van der Waals surface area contributed by atoms with Crippen molar-refractivity contribution in [1.29, 1.82) is 0 Å². The zero-order valence-corrected chi connectivity index (χ0v) is 9.24. The van der Waals surface area contributed by atoms with Gasteiger partial charge in [-0.15, -0.1) is 11.3 Å². The molecule has 0 saturated heterocycles. The standard InChI is InChI=1S/C12H10N2OS/c15-11(12-14-6-7-16-12)9-2-1-3-10-8(9)4-5-13-10/h1-7,11,13,15H. The van der Waals surface area contributed by atoms with Crippen LogP contribution in [-0.4, -0.2) is 15.1 Å². The van der Waals surface area contributed by atoms with E-state index in [0.29, 0.717) is 0 Å². The summed E-state index contributed by atoms with van der Waals surface area (Å²) in [6.07, 6.45) is 2.95. The second kappa shape index (κ2) is 3.73. The average Bonchev–Trinajstić information content (AvgIpc) is 2.98. The minimum atomic E-state index is -0.639. The second-order valence-electron chi connectivity index (χ2n) is 3.56. The molecule has 80 valence electrons. The van der Waals surface area contributed by atoms with Crippen LogP contribution in [0.5, 0.6) is 0 Å². The van der Waals surface area contributed by atoms with Crippen LogP contribution in [0.25, 0.3) is 10.9 Å². The van der Waals surface area contributed by atoms with Crippen molar-refractivity contribution in [2.75, 3.05) is 0 Å². The number of thiazole rings is 1. The quantitative estimate of drug-likeness (QED) is 0.711. The summed E-state index contributed by atoms with van der Waals surface area (Å²) < 4.78 is 0. The predicted octanol–water partition coefficient (Wildman–Crippen LogP) is 2.71. The number of fused-ring (bicyclic) bond motifs is 1. The molecule has 2 N–H and O–H groups in total. The topological polar surface area (TPSA) is 48.9 Å². The van der Waals surface area contributed by atoms with Gasteiger partial charge in [0.05, 0.1) is 0 Å². The highest BCUT2D eigenvalue weighted by atomic mass is 32.1. The molecular formula is C12H10N2OS. The molecule has 3 nitrogen and oxygen atoms in total. The van der Waals surface area contributed by atoms with E-state index in [4.69, 9.17) is 0 Å². The summed E-state index contributed by atoms with van der Waals surface area (Å²) in [6, 6.07) is 7.84. The number of aromatic nitrogens is 2. The number of nitrogens with one attached hydrogen (secondary N) is 1. The van der Waals surface area contributed by atoms with Gasteiger partial charge in [0, 0.05) is 28.7 Å². The third kappa shape index (κ3) is 1.43. The van der Waals surface area contributed by atoms with E-state index in [1.54, 1.807) is 6.20 Å². The van der Waals surface area contributed by atoms with Gasteiger partial charge in [-0.05, 0) is 17.7 Å². The fourth-order valence-corrected chi connectivity index (χ4v) is 2.49. The van der Waals surface area contributed by atoms with Gasteiger partial charge in [0.15, 0.2) is 0 Å². The third-order valence-corrected chi connectivity index (χ3v) is 3.44. The van der Waals surface area contributed by atoms with Crippen LogP contribution < -0.4 is 0 Å². The van der Waals surface area contributed by atoms with Crippen LogP contribution in [0.3, 0.4) is 0 Å². The first kappa shape index (κ1) is 9.57. The van der Waals surface area contributed by atoms with Crippen LogP contribution in [-0.2, 0) is 0 Å². The van der Waals surface area contributed by atoms with Crippen LogP contribution in [0.2, 0.25) is 0 Å². The molecule has 0 radical (unpaired) electrons. The predicted molar refractivity (Wildman–Crippen MR) is 64.5 cm³/mol. The Morgan fingerprint density at radius 1 is 1.31 bits per heavy atom. The van der Waals surface area contributed by atoms with Crippen molar-refractivity contribution in [3.05, 3.63) is 52.6 Å². The maximum atomic E-state index is 10.2. The number of aromatic amines is 1. The van der Waals surface area contributed by atoms with E-state index in [1.807, 2.05) is 35.8 Å². The highest BCUT2D eigenvalue weighted by Crippen LogP contribution is 2.29. The molecule has 1 aromatic carbocycles. The first-order valence-corrected chi connectivity index (χ1v) is 5.87. The largest absolute Gasteiger partial charge is 0.381 e. The lowest BCUT2D eigenvalue weighted by molar-refractivity contribution is 0.221. The van der Waals surface area contributed by atoms with E-state index < -0.39 is 6.10 Å². The fraction of sp³-hybridized carbons (Fsp3) is 0.0833. The molecule has 0 aliphatic carbocycles. The van der Waals surface area contributed by atoms with Crippen LogP contribution in [0.4, 0.5) is 0 Å². The molecule has 2 aromatic heterocycles. The molecule has 0 amide bonds. The van der Waals surface area contributed by atoms with E-state index in [9.17, 15) is 5.11 Å². The molecule has 2 heterocycles. The molecule has 3 rings (SSSR count). The molecule has 0 bridgehead atoms. The summed E-state index contributed by atoms with van der Waals surface area (Å²) >= 11 is 1.47. The summed E-state index contributed by atoms with van der Waals surface area (Å²) in [5.74, 6) is 0.